The minimum absolute atomic E-state index is 0. The Labute approximate surface area is 138 Å². The molecule has 4 N–H and O–H groups in total. The molecule has 0 saturated carbocycles. The summed E-state index contributed by atoms with van der Waals surface area (Å²) in [6, 6.07) is 7.61. The molecule has 0 aliphatic heterocycles. The van der Waals surface area contributed by atoms with Crippen LogP contribution in [0, 0.1) is 12.8 Å². The third kappa shape index (κ3) is 7.43. The van der Waals surface area contributed by atoms with Crippen LogP contribution in [0.5, 0.6) is 0 Å². The van der Waals surface area contributed by atoms with E-state index in [1.54, 1.807) is 0 Å². The second-order valence-corrected chi connectivity index (χ2v) is 5.57. The summed E-state index contributed by atoms with van der Waals surface area (Å²) < 4.78 is 0. The van der Waals surface area contributed by atoms with Gasteiger partial charge in [0.2, 0.25) is 11.8 Å². The van der Waals surface area contributed by atoms with Gasteiger partial charge in [0.1, 0.15) is 0 Å². The van der Waals surface area contributed by atoms with E-state index >= 15 is 0 Å². The van der Waals surface area contributed by atoms with Crippen LogP contribution in [0.15, 0.2) is 24.3 Å². The quantitative estimate of drug-likeness (QED) is 0.703. The molecule has 0 bridgehead atoms. The summed E-state index contributed by atoms with van der Waals surface area (Å²) in [5, 5.41) is 5.32. The van der Waals surface area contributed by atoms with E-state index in [4.69, 9.17) is 5.73 Å². The Kier molecular flexibility index (Phi) is 9.45. The number of rotatable bonds is 7. The predicted octanol–water partition coefficient (Wildman–Crippen LogP) is 1.18. The molecule has 0 unspecified atom stereocenters. The predicted molar refractivity (Wildman–Crippen MR) is 91.0 cm³/mol. The molecule has 1 rings (SSSR count). The van der Waals surface area contributed by atoms with Crippen LogP contribution < -0.4 is 16.4 Å². The summed E-state index contributed by atoms with van der Waals surface area (Å²) in [4.78, 5) is 23.2. The fourth-order valence-electron chi connectivity index (χ4n) is 1.75. The second-order valence-electron chi connectivity index (χ2n) is 5.57. The summed E-state index contributed by atoms with van der Waals surface area (Å²) in [5.74, 6) is -0.445. The lowest BCUT2D eigenvalue weighted by atomic mass is 10.1. The first-order valence-corrected chi connectivity index (χ1v) is 7.25. The molecule has 5 nitrogen and oxygen atoms in total. The number of amides is 2. The van der Waals surface area contributed by atoms with Gasteiger partial charge in [-0.2, -0.15) is 0 Å². The summed E-state index contributed by atoms with van der Waals surface area (Å²) in [6.07, 6.45) is 0.769. The Bertz CT molecular complexity index is 475. The van der Waals surface area contributed by atoms with Crippen LogP contribution in [0.1, 0.15) is 25.0 Å². The van der Waals surface area contributed by atoms with Crippen molar-refractivity contribution in [2.45, 2.75) is 33.2 Å². The molecule has 124 valence electrons. The van der Waals surface area contributed by atoms with Gasteiger partial charge in [-0.3, -0.25) is 9.59 Å². The van der Waals surface area contributed by atoms with E-state index in [0.29, 0.717) is 6.54 Å². The molecule has 0 heterocycles. The molecule has 0 aliphatic rings. The molecule has 0 aromatic heterocycles. The summed E-state index contributed by atoms with van der Waals surface area (Å²) in [7, 11) is 0. The number of carbonyl (C=O) groups excluding carboxylic acids is 2. The van der Waals surface area contributed by atoms with Crippen molar-refractivity contribution in [1.29, 1.82) is 0 Å². The number of nitrogens with one attached hydrogen (secondary N) is 2. The first-order valence-electron chi connectivity index (χ1n) is 7.25. The molecular weight excluding hydrogens is 302 g/mol. The smallest absolute Gasteiger partial charge is 0.239 e. The minimum Gasteiger partial charge on any atom is -0.354 e. The number of hydrogen-bond donors (Lipinski definition) is 3. The van der Waals surface area contributed by atoms with Gasteiger partial charge >= 0.3 is 0 Å². The van der Waals surface area contributed by atoms with Crippen molar-refractivity contribution in [3.8, 4) is 0 Å². The van der Waals surface area contributed by atoms with Crippen LogP contribution in [0.2, 0.25) is 0 Å². The highest BCUT2D eigenvalue weighted by molar-refractivity contribution is 5.87. The molecule has 6 heteroatoms. The average Bonchev–Trinajstić information content (AvgIpc) is 2.46. The highest BCUT2D eigenvalue weighted by Crippen LogP contribution is 2.03. The van der Waals surface area contributed by atoms with Crippen LogP contribution in [0.4, 0.5) is 0 Å². The fraction of sp³-hybridized carbons (Fsp3) is 0.500. The van der Waals surface area contributed by atoms with Gasteiger partial charge in [0, 0.05) is 6.54 Å². The Hall–Kier alpha value is -1.59. The number of carbonyl (C=O) groups is 2. The van der Waals surface area contributed by atoms with Gasteiger partial charge in [-0.05, 0) is 24.8 Å². The van der Waals surface area contributed by atoms with E-state index in [1.807, 2.05) is 45.0 Å². The average molecular weight is 328 g/mol. The zero-order valence-corrected chi connectivity index (χ0v) is 14.2. The van der Waals surface area contributed by atoms with E-state index in [-0.39, 0.29) is 36.7 Å². The third-order valence-electron chi connectivity index (χ3n) is 3.30. The van der Waals surface area contributed by atoms with E-state index in [2.05, 4.69) is 10.6 Å². The van der Waals surface area contributed by atoms with Crippen molar-refractivity contribution in [3.63, 3.8) is 0 Å². The van der Waals surface area contributed by atoms with Gasteiger partial charge in [0.05, 0.1) is 12.6 Å². The maximum absolute atomic E-state index is 11.6. The highest BCUT2D eigenvalue weighted by Gasteiger charge is 2.17. The van der Waals surface area contributed by atoms with Crippen molar-refractivity contribution >= 4 is 24.2 Å². The highest BCUT2D eigenvalue weighted by atomic mass is 35.5. The molecule has 0 spiro atoms. The minimum atomic E-state index is -0.578. The number of benzene rings is 1. The topological polar surface area (TPSA) is 84.2 Å². The molecule has 0 saturated heterocycles. The molecule has 2 amide bonds. The standard InChI is InChI=1S/C16H25N3O2.ClH/c1-11(2)15(17)16(21)19-10-14(20)18-9-8-13-6-4-12(3)5-7-13;/h4-7,11,15H,8-10,17H2,1-3H3,(H,18,20)(H,19,21);1H/t15-;/m0./s1. The molecule has 1 atom stereocenters. The molecule has 0 radical (unpaired) electrons. The lowest BCUT2D eigenvalue weighted by Gasteiger charge is -2.15. The van der Waals surface area contributed by atoms with E-state index in [9.17, 15) is 9.59 Å². The first kappa shape index (κ1) is 20.4. The zero-order chi connectivity index (χ0) is 15.8. The number of hydrogen-bond acceptors (Lipinski definition) is 3. The normalized spacial score (nSPS) is 11.5. The Morgan fingerprint density at radius 3 is 2.27 bits per heavy atom. The fourth-order valence-corrected chi connectivity index (χ4v) is 1.75. The molecule has 1 aromatic rings. The third-order valence-corrected chi connectivity index (χ3v) is 3.30. The summed E-state index contributed by atoms with van der Waals surface area (Å²) in [6.45, 7) is 6.29. The van der Waals surface area contributed by atoms with Crippen molar-refractivity contribution in [2.75, 3.05) is 13.1 Å². The maximum Gasteiger partial charge on any atom is 0.239 e. The van der Waals surface area contributed by atoms with Crippen LogP contribution in [-0.2, 0) is 16.0 Å². The summed E-state index contributed by atoms with van der Waals surface area (Å²) >= 11 is 0. The van der Waals surface area contributed by atoms with Gasteiger partial charge in [-0.25, -0.2) is 0 Å². The molecule has 0 aliphatic carbocycles. The van der Waals surface area contributed by atoms with E-state index in [1.165, 1.54) is 11.1 Å². The van der Waals surface area contributed by atoms with Crippen molar-refractivity contribution in [3.05, 3.63) is 35.4 Å². The van der Waals surface area contributed by atoms with Crippen molar-refractivity contribution in [1.82, 2.24) is 10.6 Å². The Morgan fingerprint density at radius 2 is 1.73 bits per heavy atom. The zero-order valence-electron chi connectivity index (χ0n) is 13.4. The molecular formula is C16H26ClN3O2. The molecule has 0 fully saturated rings. The SMILES string of the molecule is Cc1ccc(CCNC(=O)CNC(=O)[C@@H](N)C(C)C)cc1.Cl. The van der Waals surface area contributed by atoms with Gasteiger partial charge < -0.3 is 16.4 Å². The lowest BCUT2D eigenvalue weighted by Crippen LogP contribution is -2.47. The van der Waals surface area contributed by atoms with E-state index < -0.39 is 6.04 Å². The van der Waals surface area contributed by atoms with Gasteiger partial charge in [-0.15, -0.1) is 12.4 Å². The molecule has 1 aromatic carbocycles. The Morgan fingerprint density at radius 1 is 1.14 bits per heavy atom. The van der Waals surface area contributed by atoms with Gasteiger partial charge in [0.25, 0.3) is 0 Å². The monoisotopic (exact) mass is 327 g/mol. The number of aryl methyl sites for hydroxylation is 1. The summed E-state index contributed by atoms with van der Waals surface area (Å²) in [5.41, 5.74) is 8.08. The van der Waals surface area contributed by atoms with Crippen LogP contribution in [0.3, 0.4) is 0 Å². The van der Waals surface area contributed by atoms with Gasteiger partial charge in [-0.1, -0.05) is 43.7 Å². The lowest BCUT2D eigenvalue weighted by molar-refractivity contribution is -0.127. The first-order chi connectivity index (χ1) is 9.90. The second kappa shape index (κ2) is 10.2. The molecule has 22 heavy (non-hydrogen) atoms. The van der Waals surface area contributed by atoms with Crippen molar-refractivity contribution < 1.29 is 9.59 Å². The van der Waals surface area contributed by atoms with Crippen LogP contribution in [0.25, 0.3) is 0 Å². The largest absolute Gasteiger partial charge is 0.354 e. The maximum atomic E-state index is 11.6. The van der Waals surface area contributed by atoms with Crippen LogP contribution in [-0.4, -0.2) is 30.9 Å². The number of nitrogens with two attached hydrogens (primary N) is 1. The van der Waals surface area contributed by atoms with Crippen molar-refractivity contribution in [2.24, 2.45) is 11.7 Å². The van der Waals surface area contributed by atoms with E-state index in [0.717, 1.165) is 6.42 Å². The van der Waals surface area contributed by atoms with Crippen LogP contribution >= 0.6 is 12.4 Å². The van der Waals surface area contributed by atoms with Gasteiger partial charge in [0.15, 0.2) is 0 Å². The Balaban J connectivity index is 0.00000441. The number of halogens is 1.